The number of nitrogens with zero attached hydrogens (tertiary/aromatic N) is 2. The molecule has 1 aromatic heterocycles. The molecule has 4 rings (SSSR count). The number of piperidine rings is 1. The van der Waals surface area contributed by atoms with Gasteiger partial charge in [-0.3, -0.25) is 0 Å². The number of likely N-dealkylation sites (tertiary alicyclic amines) is 1. The largest absolute Gasteiger partial charge is 0.448 e. The molecular weight excluding hydrogens is 416 g/mol. The molecule has 1 saturated carbocycles. The topological polar surface area (TPSA) is 29.3 Å². The second-order valence-electron chi connectivity index (χ2n) is 11.6. The fourth-order valence-corrected chi connectivity index (χ4v) is 6.40. The molecule has 3 nitrogen and oxygen atoms in total. The first-order valence-corrected chi connectivity index (χ1v) is 15.3. The van der Waals surface area contributed by atoms with Gasteiger partial charge in [-0.05, 0) is 44.1 Å². The van der Waals surface area contributed by atoms with Gasteiger partial charge in [-0.15, -0.1) is 0 Å². The van der Waals surface area contributed by atoms with Gasteiger partial charge < -0.3 is 9.32 Å². The van der Waals surface area contributed by atoms with Crippen molar-refractivity contribution in [1.29, 1.82) is 0 Å². The summed E-state index contributed by atoms with van der Waals surface area (Å²) in [7, 11) is 0. The zero-order valence-electron chi connectivity index (χ0n) is 22.3. The number of hydrogen-bond acceptors (Lipinski definition) is 3. The maximum Gasteiger partial charge on any atom is 0.199 e. The van der Waals surface area contributed by atoms with Gasteiger partial charge in [0, 0.05) is 31.1 Å². The zero-order chi connectivity index (χ0) is 23.4. The molecule has 1 aromatic rings. The highest BCUT2D eigenvalue weighted by atomic mass is 16.3. The van der Waals surface area contributed by atoms with Crippen LogP contribution in [0, 0.1) is 0 Å². The monoisotopic (exact) mass is 468 g/mol. The van der Waals surface area contributed by atoms with Crippen LogP contribution in [0.3, 0.4) is 0 Å². The van der Waals surface area contributed by atoms with Crippen molar-refractivity contribution in [2.75, 3.05) is 13.1 Å². The molecule has 1 unspecified atom stereocenters. The molecule has 3 aliphatic rings. The number of oxazole rings is 1. The van der Waals surface area contributed by atoms with Crippen molar-refractivity contribution >= 4 is 0 Å². The first-order chi connectivity index (χ1) is 16.8. The summed E-state index contributed by atoms with van der Waals surface area (Å²) in [5.41, 5.74) is 4.68. The smallest absolute Gasteiger partial charge is 0.199 e. The van der Waals surface area contributed by atoms with Crippen molar-refractivity contribution in [3.8, 4) is 0 Å². The van der Waals surface area contributed by atoms with Gasteiger partial charge in [0.2, 0.25) is 0 Å². The summed E-state index contributed by atoms with van der Waals surface area (Å²) in [6.45, 7) is 4.67. The van der Waals surface area contributed by atoms with Crippen LogP contribution in [0.5, 0.6) is 0 Å². The van der Waals surface area contributed by atoms with Crippen LogP contribution in [0.2, 0.25) is 0 Å². The highest BCUT2D eigenvalue weighted by Crippen LogP contribution is 2.41. The van der Waals surface area contributed by atoms with Crippen LogP contribution in [-0.2, 0) is 0 Å². The Morgan fingerprint density at radius 1 is 0.794 bits per heavy atom. The Morgan fingerprint density at radius 3 is 2.18 bits per heavy atom. The summed E-state index contributed by atoms with van der Waals surface area (Å²) >= 11 is 0. The van der Waals surface area contributed by atoms with Gasteiger partial charge in [0.1, 0.15) is 6.26 Å². The molecule has 34 heavy (non-hydrogen) atoms. The van der Waals surface area contributed by atoms with Crippen LogP contribution < -0.4 is 0 Å². The van der Waals surface area contributed by atoms with Crippen LogP contribution in [0.15, 0.2) is 22.0 Å². The van der Waals surface area contributed by atoms with Crippen LogP contribution in [-0.4, -0.2) is 23.0 Å². The summed E-state index contributed by atoms with van der Waals surface area (Å²) in [6, 6.07) is 0. The Hall–Kier alpha value is -1.25. The lowest BCUT2D eigenvalue weighted by Crippen LogP contribution is -2.31. The van der Waals surface area contributed by atoms with E-state index in [0.29, 0.717) is 11.8 Å². The lowest BCUT2D eigenvalue weighted by atomic mass is 9.94. The van der Waals surface area contributed by atoms with E-state index in [2.05, 4.69) is 11.8 Å². The predicted molar refractivity (Wildman–Crippen MR) is 143 cm³/mol. The van der Waals surface area contributed by atoms with Gasteiger partial charge in [-0.2, -0.15) is 0 Å². The summed E-state index contributed by atoms with van der Waals surface area (Å²) in [4.78, 5) is 7.77. The first-order valence-electron chi connectivity index (χ1n) is 15.3. The van der Waals surface area contributed by atoms with Crippen molar-refractivity contribution in [1.82, 2.24) is 9.88 Å². The maximum absolute atomic E-state index is 6.12. The molecule has 1 atom stereocenters. The normalized spacial score (nSPS) is 22.5. The van der Waals surface area contributed by atoms with Crippen molar-refractivity contribution in [3.05, 3.63) is 29.1 Å². The number of unbranched alkanes of at least 4 members (excludes halogenated alkanes) is 8. The zero-order valence-corrected chi connectivity index (χ0v) is 22.3. The fraction of sp³-hybridized carbons (Fsp3) is 0.839. The van der Waals surface area contributed by atoms with Gasteiger partial charge in [-0.1, -0.05) is 96.8 Å². The van der Waals surface area contributed by atoms with E-state index < -0.39 is 0 Å². The van der Waals surface area contributed by atoms with Crippen LogP contribution >= 0.6 is 0 Å². The molecule has 192 valence electrons. The average Bonchev–Trinajstić information content (AvgIpc) is 3.42. The van der Waals surface area contributed by atoms with Gasteiger partial charge in [-0.25, -0.2) is 4.98 Å². The summed E-state index contributed by atoms with van der Waals surface area (Å²) in [5.74, 6) is 2.14. The molecule has 0 radical (unpaired) electrons. The Labute approximate surface area is 210 Å². The van der Waals surface area contributed by atoms with Crippen LogP contribution in [0.4, 0.5) is 0 Å². The number of aromatic nitrogens is 1. The molecule has 1 saturated heterocycles. The van der Waals surface area contributed by atoms with Crippen molar-refractivity contribution in [2.24, 2.45) is 0 Å². The minimum absolute atomic E-state index is 0.487. The molecule has 2 aliphatic carbocycles. The molecule has 0 bridgehead atoms. The molecular formula is C31H52N2O. The number of rotatable bonds is 13. The third-order valence-corrected chi connectivity index (χ3v) is 8.71. The Morgan fingerprint density at radius 2 is 1.44 bits per heavy atom. The third kappa shape index (κ3) is 8.16. The molecule has 3 heteroatoms. The van der Waals surface area contributed by atoms with Gasteiger partial charge in [0.05, 0.1) is 11.6 Å². The van der Waals surface area contributed by atoms with Crippen LogP contribution in [0.1, 0.15) is 165 Å². The highest BCUT2D eigenvalue weighted by Gasteiger charge is 2.32. The maximum atomic E-state index is 6.12. The SMILES string of the molecule is CCCCCCCCCCCC1=C(N2CCCC(c3nc(C4CCCCCCCC4)co3)C2)C1. The van der Waals surface area contributed by atoms with Gasteiger partial charge in [0.25, 0.3) is 0 Å². The van der Waals surface area contributed by atoms with Gasteiger partial charge in [0.15, 0.2) is 5.89 Å². The van der Waals surface area contributed by atoms with Gasteiger partial charge >= 0.3 is 0 Å². The van der Waals surface area contributed by atoms with E-state index in [1.807, 2.05) is 6.26 Å². The van der Waals surface area contributed by atoms with E-state index in [1.54, 1.807) is 11.3 Å². The lowest BCUT2D eigenvalue weighted by Gasteiger charge is -2.31. The van der Waals surface area contributed by atoms with E-state index in [0.717, 1.165) is 12.4 Å². The van der Waals surface area contributed by atoms with E-state index in [-0.39, 0.29) is 0 Å². The minimum Gasteiger partial charge on any atom is -0.448 e. The summed E-state index contributed by atoms with van der Waals surface area (Å²) < 4.78 is 6.12. The molecule has 0 spiro atoms. The number of allylic oxidation sites excluding steroid dienone is 2. The summed E-state index contributed by atoms with van der Waals surface area (Å²) in [6.07, 6.45) is 31.0. The average molecular weight is 469 g/mol. The predicted octanol–water partition coefficient (Wildman–Crippen LogP) is 9.65. The van der Waals surface area contributed by atoms with E-state index >= 15 is 0 Å². The molecule has 0 aromatic carbocycles. The Kier molecular flexibility index (Phi) is 10.9. The Balaban J connectivity index is 1.18. The van der Waals surface area contributed by atoms with Crippen molar-refractivity contribution < 1.29 is 4.42 Å². The highest BCUT2D eigenvalue weighted by molar-refractivity contribution is 5.34. The minimum atomic E-state index is 0.487. The molecule has 1 aliphatic heterocycles. The second kappa shape index (κ2) is 14.3. The van der Waals surface area contributed by atoms with E-state index in [9.17, 15) is 0 Å². The molecule has 2 fully saturated rings. The number of hydrogen-bond donors (Lipinski definition) is 0. The quantitative estimate of drug-likeness (QED) is 0.270. The van der Waals surface area contributed by atoms with E-state index in [1.165, 1.54) is 147 Å². The van der Waals surface area contributed by atoms with Crippen molar-refractivity contribution in [2.45, 2.75) is 154 Å². The fourth-order valence-electron chi connectivity index (χ4n) is 6.40. The summed E-state index contributed by atoms with van der Waals surface area (Å²) in [5, 5.41) is 0. The molecule has 0 amide bonds. The third-order valence-electron chi connectivity index (χ3n) is 8.71. The van der Waals surface area contributed by atoms with Crippen LogP contribution in [0.25, 0.3) is 0 Å². The molecule has 0 N–H and O–H groups in total. The molecule has 2 heterocycles. The van der Waals surface area contributed by atoms with Crippen molar-refractivity contribution in [3.63, 3.8) is 0 Å². The first kappa shape index (κ1) is 25.8. The second-order valence-corrected chi connectivity index (χ2v) is 11.6. The van der Waals surface area contributed by atoms with E-state index in [4.69, 9.17) is 9.40 Å². The lowest BCUT2D eigenvalue weighted by molar-refractivity contribution is 0.243. The Bertz CT molecular complexity index is 726. The standard InChI is InChI=1S/C31H52N2O/c1-2-3-4-5-6-7-8-13-16-20-27-23-30(27)33-22-17-21-28(24-33)31-32-29(25-34-31)26-18-14-11-9-10-12-15-19-26/h25-26,28H,2-24H2,1H3.